The molecule has 0 aliphatic carbocycles. The van der Waals surface area contributed by atoms with Crippen molar-refractivity contribution in [1.29, 1.82) is 0 Å². The molecule has 0 spiro atoms. The van der Waals surface area contributed by atoms with E-state index in [9.17, 15) is 9.90 Å². The average molecular weight is 280 g/mol. The second-order valence-electron chi connectivity index (χ2n) is 5.13. The van der Waals surface area contributed by atoms with E-state index in [4.69, 9.17) is 14.2 Å². The van der Waals surface area contributed by atoms with Crippen molar-refractivity contribution in [2.24, 2.45) is 0 Å². The van der Waals surface area contributed by atoms with E-state index in [0.717, 1.165) is 5.56 Å². The maximum absolute atomic E-state index is 11.4. The van der Waals surface area contributed by atoms with E-state index in [1.165, 1.54) is 6.92 Å². The van der Waals surface area contributed by atoms with Gasteiger partial charge in [0.05, 0.1) is 13.2 Å². The summed E-state index contributed by atoms with van der Waals surface area (Å²) in [5.74, 6) is 0.655. The van der Waals surface area contributed by atoms with Crippen LogP contribution in [0.2, 0.25) is 0 Å². The Labute approximate surface area is 118 Å². The molecule has 2 rings (SSSR count). The Morgan fingerprint density at radius 3 is 2.60 bits per heavy atom. The molecular weight excluding hydrogens is 260 g/mol. The Hall–Kier alpha value is -1.43. The third-order valence-corrected chi connectivity index (χ3v) is 3.58. The molecule has 1 unspecified atom stereocenters. The van der Waals surface area contributed by atoms with Gasteiger partial charge in [0.15, 0.2) is 11.4 Å². The van der Waals surface area contributed by atoms with Crippen LogP contribution in [0.4, 0.5) is 0 Å². The fourth-order valence-corrected chi connectivity index (χ4v) is 2.52. The summed E-state index contributed by atoms with van der Waals surface area (Å²) < 4.78 is 16.3. The molecule has 0 amide bonds. The lowest BCUT2D eigenvalue weighted by atomic mass is 9.88. The van der Waals surface area contributed by atoms with Crippen molar-refractivity contribution in [3.8, 4) is 5.75 Å². The fraction of sp³-hybridized carbons (Fsp3) is 0.533. The molecular formula is C15H20O5. The van der Waals surface area contributed by atoms with Crippen LogP contribution >= 0.6 is 0 Å². The maximum Gasteiger partial charge on any atom is 0.181 e. The van der Waals surface area contributed by atoms with Gasteiger partial charge in [0.1, 0.15) is 11.9 Å². The summed E-state index contributed by atoms with van der Waals surface area (Å²) in [7, 11) is 3.11. The van der Waals surface area contributed by atoms with E-state index < -0.39 is 11.7 Å². The Kier molecular flexibility index (Phi) is 4.42. The van der Waals surface area contributed by atoms with Gasteiger partial charge in [0.2, 0.25) is 0 Å². The molecule has 5 heteroatoms. The first-order valence-corrected chi connectivity index (χ1v) is 6.51. The minimum atomic E-state index is -0.908. The quantitative estimate of drug-likeness (QED) is 0.821. The molecule has 0 radical (unpaired) electrons. The number of hydrogen-bond acceptors (Lipinski definition) is 5. The molecule has 0 aromatic heterocycles. The Morgan fingerprint density at radius 1 is 1.40 bits per heavy atom. The Balaban J connectivity index is 2.34. The van der Waals surface area contributed by atoms with Gasteiger partial charge < -0.3 is 19.3 Å². The minimum Gasteiger partial charge on any atom is -0.479 e. The van der Waals surface area contributed by atoms with Crippen LogP contribution in [-0.2, 0) is 15.9 Å². The molecule has 0 saturated carbocycles. The first-order chi connectivity index (χ1) is 9.52. The van der Waals surface area contributed by atoms with Gasteiger partial charge in [-0.25, -0.2) is 0 Å². The molecule has 110 valence electrons. The molecule has 20 heavy (non-hydrogen) atoms. The molecule has 0 fully saturated rings. The van der Waals surface area contributed by atoms with Crippen LogP contribution in [0.1, 0.15) is 22.8 Å². The van der Waals surface area contributed by atoms with Crippen molar-refractivity contribution in [3.63, 3.8) is 0 Å². The first kappa shape index (κ1) is 15.0. The molecule has 1 N–H and O–H groups in total. The van der Waals surface area contributed by atoms with Crippen molar-refractivity contribution in [3.05, 3.63) is 29.3 Å². The van der Waals surface area contributed by atoms with E-state index in [0.29, 0.717) is 17.7 Å². The molecule has 1 aliphatic heterocycles. The summed E-state index contributed by atoms with van der Waals surface area (Å²) in [6.07, 6.45) is -0.347. The van der Waals surface area contributed by atoms with E-state index >= 15 is 0 Å². The maximum atomic E-state index is 11.4. The lowest BCUT2D eigenvalue weighted by molar-refractivity contribution is -0.135. The number of aliphatic hydroxyl groups excluding tert-OH is 1. The predicted molar refractivity (Wildman–Crippen MR) is 73.3 cm³/mol. The lowest BCUT2D eigenvalue weighted by Crippen LogP contribution is -2.57. The van der Waals surface area contributed by atoms with E-state index in [-0.39, 0.29) is 19.0 Å². The second kappa shape index (κ2) is 5.91. The van der Waals surface area contributed by atoms with Gasteiger partial charge in [-0.05, 0) is 30.7 Å². The van der Waals surface area contributed by atoms with Crippen molar-refractivity contribution in [2.45, 2.75) is 25.0 Å². The van der Waals surface area contributed by atoms with E-state index in [1.54, 1.807) is 32.4 Å². The summed E-state index contributed by atoms with van der Waals surface area (Å²) in [6, 6.07) is 5.26. The SMILES string of the molecule is COCC1(COC)Oc2ccc(C(C)=O)cc2CC1O. The van der Waals surface area contributed by atoms with Crippen LogP contribution in [0.15, 0.2) is 18.2 Å². The third-order valence-electron chi connectivity index (χ3n) is 3.58. The van der Waals surface area contributed by atoms with Crippen LogP contribution in [0.5, 0.6) is 5.75 Å². The first-order valence-electron chi connectivity index (χ1n) is 6.51. The van der Waals surface area contributed by atoms with Crippen LogP contribution in [0.25, 0.3) is 0 Å². The van der Waals surface area contributed by atoms with Gasteiger partial charge in [-0.1, -0.05) is 0 Å². The number of hydrogen-bond donors (Lipinski definition) is 1. The highest BCUT2D eigenvalue weighted by molar-refractivity contribution is 5.94. The minimum absolute atomic E-state index is 0.00657. The summed E-state index contributed by atoms with van der Waals surface area (Å²) in [6.45, 7) is 1.98. The standard InChI is InChI=1S/C15H20O5/c1-10(16)11-4-5-13-12(6-11)7-14(17)15(20-13,8-18-2)9-19-3/h4-6,14,17H,7-9H2,1-3H3. The van der Waals surface area contributed by atoms with Gasteiger partial charge in [-0.15, -0.1) is 0 Å². The molecule has 1 atom stereocenters. The molecule has 0 bridgehead atoms. The molecule has 1 aromatic carbocycles. The molecule has 1 aliphatic rings. The number of fused-ring (bicyclic) bond motifs is 1. The number of Topliss-reactive ketones (excluding diaryl/α,β-unsaturated/α-hetero) is 1. The predicted octanol–water partition coefficient (Wildman–Crippen LogP) is 1.22. The summed E-state index contributed by atoms with van der Waals surface area (Å²) in [5.41, 5.74) is 0.535. The van der Waals surface area contributed by atoms with E-state index in [1.807, 2.05) is 0 Å². The lowest BCUT2D eigenvalue weighted by Gasteiger charge is -2.41. The van der Waals surface area contributed by atoms with Crippen LogP contribution in [0, 0.1) is 0 Å². The Bertz CT molecular complexity index is 491. The van der Waals surface area contributed by atoms with E-state index in [2.05, 4.69) is 0 Å². The normalized spacial score (nSPS) is 20.1. The highest BCUT2D eigenvalue weighted by Gasteiger charge is 2.44. The summed E-state index contributed by atoms with van der Waals surface area (Å²) in [5, 5.41) is 10.4. The van der Waals surface area contributed by atoms with Crippen molar-refractivity contribution >= 4 is 5.78 Å². The zero-order valence-electron chi connectivity index (χ0n) is 12.0. The second-order valence-corrected chi connectivity index (χ2v) is 5.13. The van der Waals surface area contributed by atoms with Gasteiger partial charge in [-0.2, -0.15) is 0 Å². The highest BCUT2D eigenvalue weighted by Crippen LogP contribution is 2.34. The Morgan fingerprint density at radius 2 is 2.05 bits per heavy atom. The van der Waals surface area contributed by atoms with Gasteiger partial charge in [0, 0.05) is 26.2 Å². The number of carbonyl (C=O) groups is 1. The smallest absolute Gasteiger partial charge is 0.181 e. The number of benzene rings is 1. The van der Waals surface area contributed by atoms with Crippen molar-refractivity contribution in [1.82, 2.24) is 0 Å². The molecule has 5 nitrogen and oxygen atoms in total. The number of carbonyl (C=O) groups excluding carboxylic acids is 1. The zero-order chi connectivity index (χ0) is 14.8. The average Bonchev–Trinajstić information content (AvgIpc) is 2.40. The fourth-order valence-electron chi connectivity index (χ4n) is 2.52. The van der Waals surface area contributed by atoms with Crippen LogP contribution < -0.4 is 4.74 Å². The monoisotopic (exact) mass is 280 g/mol. The number of methoxy groups -OCH3 is 2. The molecule has 1 heterocycles. The van der Waals surface area contributed by atoms with Gasteiger partial charge in [-0.3, -0.25) is 4.79 Å². The number of aliphatic hydroxyl groups is 1. The summed E-state index contributed by atoms with van der Waals surface area (Å²) in [4.78, 5) is 11.4. The molecule has 1 aromatic rings. The largest absolute Gasteiger partial charge is 0.479 e. The molecule has 0 saturated heterocycles. The van der Waals surface area contributed by atoms with Crippen LogP contribution in [-0.4, -0.2) is 50.0 Å². The van der Waals surface area contributed by atoms with Crippen LogP contribution in [0.3, 0.4) is 0 Å². The van der Waals surface area contributed by atoms with Gasteiger partial charge >= 0.3 is 0 Å². The number of ether oxygens (including phenoxy) is 3. The third kappa shape index (κ3) is 2.70. The van der Waals surface area contributed by atoms with Crippen molar-refractivity contribution < 1.29 is 24.1 Å². The summed E-state index contributed by atoms with van der Waals surface area (Å²) >= 11 is 0. The topological polar surface area (TPSA) is 65.0 Å². The zero-order valence-corrected chi connectivity index (χ0v) is 12.0. The van der Waals surface area contributed by atoms with Gasteiger partial charge in [0.25, 0.3) is 0 Å². The number of rotatable bonds is 5. The van der Waals surface area contributed by atoms with Crippen molar-refractivity contribution in [2.75, 3.05) is 27.4 Å². The number of ketones is 1. The highest BCUT2D eigenvalue weighted by atomic mass is 16.6.